The zero-order valence-electron chi connectivity index (χ0n) is 9.91. The van der Waals surface area contributed by atoms with Crippen LogP contribution in [0.5, 0.6) is 0 Å². The summed E-state index contributed by atoms with van der Waals surface area (Å²) in [5, 5.41) is 25.5. The molecule has 0 spiro atoms. The van der Waals surface area contributed by atoms with E-state index >= 15 is 0 Å². The van der Waals surface area contributed by atoms with E-state index in [1.807, 2.05) is 4.90 Å². The van der Waals surface area contributed by atoms with Crippen molar-refractivity contribution < 1.29 is 9.90 Å². The highest BCUT2D eigenvalue weighted by Crippen LogP contribution is 2.25. The van der Waals surface area contributed by atoms with E-state index < -0.39 is 5.97 Å². The van der Waals surface area contributed by atoms with Gasteiger partial charge < -0.3 is 10.0 Å². The predicted molar refractivity (Wildman–Crippen MR) is 63.9 cm³/mol. The maximum atomic E-state index is 10.6. The van der Waals surface area contributed by atoms with E-state index in [1.165, 1.54) is 6.20 Å². The van der Waals surface area contributed by atoms with Crippen LogP contribution in [-0.4, -0.2) is 34.4 Å². The zero-order chi connectivity index (χ0) is 13.0. The first kappa shape index (κ1) is 12.3. The van der Waals surface area contributed by atoms with Crippen LogP contribution in [0, 0.1) is 17.2 Å². The number of anilines is 1. The normalized spacial score (nSPS) is 16.3. The topological polar surface area (TPSA) is 90.1 Å². The van der Waals surface area contributed by atoms with Crippen molar-refractivity contribution in [1.29, 1.82) is 5.26 Å². The van der Waals surface area contributed by atoms with Crippen molar-refractivity contribution in [3.8, 4) is 6.07 Å². The smallest absolute Gasteiger partial charge is 0.303 e. The Labute approximate surface area is 105 Å². The first-order valence-corrected chi connectivity index (χ1v) is 5.89. The van der Waals surface area contributed by atoms with Crippen molar-refractivity contribution in [1.82, 2.24) is 10.2 Å². The molecule has 0 atom stereocenters. The number of rotatable bonds is 3. The number of hydrogen-bond donors (Lipinski definition) is 1. The van der Waals surface area contributed by atoms with Gasteiger partial charge in [0.25, 0.3) is 0 Å². The molecule has 0 bridgehead atoms. The fourth-order valence-electron chi connectivity index (χ4n) is 2.24. The Morgan fingerprint density at radius 3 is 2.89 bits per heavy atom. The first-order chi connectivity index (χ1) is 8.70. The van der Waals surface area contributed by atoms with Gasteiger partial charge in [0.05, 0.1) is 11.8 Å². The SMILES string of the molecule is N#Cc1ccnnc1N1CCC(CC(=O)O)CC1. The predicted octanol–water partition coefficient (Wildman–Crippen LogP) is 1.04. The monoisotopic (exact) mass is 246 g/mol. The van der Waals surface area contributed by atoms with Crippen molar-refractivity contribution >= 4 is 11.8 Å². The van der Waals surface area contributed by atoms with Gasteiger partial charge >= 0.3 is 5.97 Å². The van der Waals surface area contributed by atoms with Crippen LogP contribution in [0.2, 0.25) is 0 Å². The lowest BCUT2D eigenvalue weighted by atomic mass is 9.93. The van der Waals surface area contributed by atoms with Gasteiger partial charge in [-0.3, -0.25) is 4.79 Å². The molecular formula is C12H14N4O2. The second kappa shape index (κ2) is 5.45. The summed E-state index contributed by atoms with van der Waals surface area (Å²) in [6, 6.07) is 3.74. The molecule has 1 N–H and O–H groups in total. The first-order valence-electron chi connectivity index (χ1n) is 5.89. The molecule has 94 valence electrons. The molecule has 0 amide bonds. The second-order valence-electron chi connectivity index (χ2n) is 4.41. The Bertz CT molecular complexity index is 475. The van der Waals surface area contributed by atoms with Gasteiger partial charge in [0.2, 0.25) is 0 Å². The lowest BCUT2D eigenvalue weighted by molar-refractivity contribution is -0.138. The molecule has 0 aliphatic carbocycles. The minimum atomic E-state index is -0.745. The van der Waals surface area contributed by atoms with Gasteiger partial charge in [0, 0.05) is 19.5 Å². The summed E-state index contributed by atoms with van der Waals surface area (Å²) in [6.07, 6.45) is 3.35. The van der Waals surface area contributed by atoms with Crippen LogP contribution < -0.4 is 4.90 Å². The minimum absolute atomic E-state index is 0.222. The summed E-state index contributed by atoms with van der Waals surface area (Å²) in [5.74, 6) is 0.0837. The summed E-state index contributed by atoms with van der Waals surface area (Å²) in [6.45, 7) is 1.46. The van der Waals surface area contributed by atoms with Crippen molar-refractivity contribution in [3.63, 3.8) is 0 Å². The molecule has 0 saturated carbocycles. The van der Waals surface area contributed by atoms with Crippen LogP contribution in [0.1, 0.15) is 24.8 Å². The minimum Gasteiger partial charge on any atom is -0.481 e. The largest absolute Gasteiger partial charge is 0.481 e. The fraction of sp³-hybridized carbons (Fsp3) is 0.500. The summed E-state index contributed by atoms with van der Waals surface area (Å²) < 4.78 is 0. The van der Waals surface area contributed by atoms with E-state index in [9.17, 15) is 4.79 Å². The van der Waals surface area contributed by atoms with Crippen molar-refractivity contribution in [2.24, 2.45) is 5.92 Å². The van der Waals surface area contributed by atoms with E-state index in [1.54, 1.807) is 6.07 Å². The van der Waals surface area contributed by atoms with Gasteiger partial charge in [0.1, 0.15) is 6.07 Å². The number of carbonyl (C=O) groups is 1. The molecule has 0 radical (unpaired) electrons. The molecule has 1 fully saturated rings. The Morgan fingerprint density at radius 2 is 2.28 bits per heavy atom. The van der Waals surface area contributed by atoms with Gasteiger partial charge in [0.15, 0.2) is 5.82 Å². The molecule has 0 aromatic carbocycles. The Balaban J connectivity index is 2.01. The van der Waals surface area contributed by atoms with E-state index in [0.717, 1.165) is 25.9 Å². The Morgan fingerprint density at radius 1 is 1.56 bits per heavy atom. The van der Waals surface area contributed by atoms with Crippen LogP contribution in [0.15, 0.2) is 12.3 Å². The van der Waals surface area contributed by atoms with Crippen molar-refractivity contribution in [2.75, 3.05) is 18.0 Å². The lowest BCUT2D eigenvalue weighted by Crippen LogP contribution is -2.35. The number of nitrogens with zero attached hydrogens (tertiary/aromatic N) is 4. The highest BCUT2D eigenvalue weighted by Gasteiger charge is 2.23. The number of carboxylic acids is 1. The molecule has 1 aromatic heterocycles. The number of aliphatic carboxylic acids is 1. The van der Waals surface area contributed by atoms with Crippen molar-refractivity contribution in [2.45, 2.75) is 19.3 Å². The fourth-order valence-corrected chi connectivity index (χ4v) is 2.24. The highest BCUT2D eigenvalue weighted by atomic mass is 16.4. The standard InChI is InChI=1S/C12H14N4O2/c13-8-10-1-4-14-15-12(10)16-5-2-9(3-6-16)7-11(17)18/h1,4,9H,2-3,5-7H2,(H,17,18). The third-order valence-corrected chi connectivity index (χ3v) is 3.20. The van der Waals surface area contributed by atoms with E-state index in [4.69, 9.17) is 10.4 Å². The summed E-state index contributed by atoms with van der Waals surface area (Å²) in [7, 11) is 0. The zero-order valence-corrected chi connectivity index (χ0v) is 9.91. The third-order valence-electron chi connectivity index (χ3n) is 3.20. The quantitative estimate of drug-likeness (QED) is 0.857. The average Bonchev–Trinajstić information content (AvgIpc) is 2.39. The maximum absolute atomic E-state index is 10.6. The number of nitriles is 1. The van der Waals surface area contributed by atoms with Crippen LogP contribution in [0.4, 0.5) is 5.82 Å². The number of carboxylic acid groups (broad SMARTS) is 1. The van der Waals surface area contributed by atoms with E-state index in [0.29, 0.717) is 11.4 Å². The van der Waals surface area contributed by atoms with Crippen LogP contribution >= 0.6 is 0 Å². The molecule has 2 heterocycles. The Hall–Kier alpha value is -2.16. The second-order valence-corrected chi connectivity index (χ2v) is 4.41. The molecule has 1 aliphatic heterocycles. The van der Waals surface area contributed by atoms with Crippen LogP contribution in [-0.2, 0) is 4.79 Å². The summed E-state index contributed by atoms with van der Waals surface area (Å²) in [5.41, 5.74) is 0.515. The van der Waals surface area contributed by atoms with Gasteiger partial charge in [-0.15, -0.1) is 5.10 Å². The number of hydrogen-bond acceptors (Lipinski definition) is 5. The summed E-state index contributed by atoms with van der Waals surface area (Å²) >= 11 is 0. The molecule has 6 nitrogen and oxygen atoms in total. The third kappa shape index (κ3) is 2.74. The van der Waals surface area contributed by atoms with Crippen LogP contribution in [0.3, 0.4) is 0 Å². The van der Waals surface area contributed by atoms with Crippen LogP contribution in [0.25, 0.3) is 0 Å². The molecule has 6 heteroatoms. The summed E-state index contributed by atoms with van der Waals surface area (Å²) in [4.78, 5) is 12.6. The van der Waals surface area contributed by atoms with Crippen molar-refractivity contribution in [3.05, 3.63) is 17.8 Å². The number of piperidine rings is 1. The van der Waals surface area contributed by atoms with E-state index in [-0.39, 0.29) is 12.3 Å². The molecule has 1 aliphatic rings. The molecule has 1 aromatic rings. The maximum Gasteiger partial charge on any atom is 0.303 e. The average molecular weight is 246 g/mol. The lowest BCUT2D eigenvalue weighted by Gasteiger charge is -2.32. The molecular weight excluding hydrogens is 232 g/mol. The molecule has 2 rings (SSSR count). The van der Waals surface area contributed by atoms with Gasteiger partial charge in [-0.25, -0.2) is 0 Å². The Kier molecular flexibility index (Phi) is 3.72. The molecule has 18 heavy (non-hydrogen) atoms. The van der Waals surface area contributed by atoms with E-state index in [2.05, 4.69) is 16.3 Å². The van der Waals surface area contributed by atoms with Gasteiger partial charge in [-0.2, -0.15) is 10.4 Å². The highest BCUT2D eigenvalue weighted by molar-refractivity contribution is 5.67. The molecule has 0 unspecified atom stereocenters. The van der Waals surface area contributed by atoms with Gasteiger partial charge in [-0.05, 0) is 24.8 Å². The number of aromatic nitrogens is 2. The van der Waals surface area contributed by atoms with Gasteiger partial charge in [-0.1, -0.05) is 0 Å². The molecule has 1 saturated heterocycles.